The molecule has 3 atom stereocenters. The maximum atomic E-state index is 9.29. The molecule has 0 aromatic heterocycles. The lowest BCUT2D eigenvalue weighted by molar-refractivity contribution is 0.248. The van der Waals surface area contributed by atoms with Crippen LogP contribution >= 0.6 is 0 Å². The van der Waals surface area contributed by atoms with Crippen LogP contribution < -0.4 is 5.32 Å². The van der Waals surface area contributed by atoms with Crippen molar-refractivity contribution < 1.29 is 0 Å². The normalized spacial score (nSPS) is 27.4. The lowest BCUT2D eigenvalue weighted by Crippen LogP contribution is -2.41. The van der Waals surface area contributed by atoms with Crippen LogP contribution in [0.1, 0.15) is 33.1 Å². The topological polar surface area (TPSA) is 42.3 Å². The summed E-state index contributed by atoms with van der Waals surface area (Å²) in [5, 5.41) is 12.5. The molecule has 1 rings (SSSR count). The minimum atomic E-state index is -0.327. The highest BCUT2D eigenvalue weighted by Gasteiger charge is 2.31. The van der Waals surface area contributed by atoms with Crippen molar-refractivity contribution >= 4 is 0 Å². The molecule has 0 aromatic carbocycles. The SMILES string of the molecule is CCC(C#N)(CCCN1CC(C)C(N(C)C)C1)NC. The van der Waals surface area contributed by atoms with Gasteiger partial charge in [0.2, 0.25) is 0 Å². The van der Waals surface area contributed by atoms with Gasteiger partial charge in [-0.05, 0) is 52.9 Å². The fourth-order valence-corrected chi connectivity index (χ4v) is 3.18. The van der Waals surface area contributed by atoms with Gasteiger partial charge in [0.25, 0.3) is 0 Å². The van der Waals surface area contributed by atoms with E-state index in [1.165, 1.54) is 13.1 Å². The first-order chi connectivity index (χ1) is 8.98. The van der Waals surface area contributed by atoms with E-state index in [2.05, 4.69) is 49.1 Å². The summed E-state index contributed by atoms with van der Waals surface area (Å²) in [7, 11) is 6.24. The van der Waals surface area contributed by atoms with Crippen molar-refractivity contribution in [2.75, 3.05) is 40.8 Å². The van der Waals surface area contributed by atoms with Gasteiger partial charge in [0.05, 0.1) is 6.07 Å². The van der Waals surface area contributed by atoms with Gasteiger partial charge in [0, 0.05) is 19.1 Å². The molecular weight excluding hydrogens is 236 g/mol. The van der Waals surface area contributed by atoms with Crippen LogP contribution in [0, 0.1) is 17.2 Å². The van der Waals surface area contributed by atoms with Crippen molar-refractivity contribution in [3.05, 3.63) is 0 Å². The van der Waals surface area contributed by atoms with Gasteiger partial charge in [0.15, 0.2) is 0 Å². The van der Waals surface area contributed by atoms with E-state index in [4.69, 9.17) is 0 Å². The van der Waals surface area contributed by atoms with E-state index in [-0.39, 0.29) is 5.54 Å². The van der Waals surface area contributed by atoms with E-state index in [0.717, 1.165) is 31.7 Å². The fraction of sp³-hybridized carbons (Fsp3) is 0.933. The van der Waals surface area contributed by atoms with E-state index >= 15 is 0 Å². The largest absolute Gasteiger partial charge is 0.305 e. The van der Waals surface area contributed by atoms with Crippen LogP contribution in [0.5, 0.6) is 0 Å². The lowest BCUT2D eigenvalue weighted by Gasteiger charge is -2.26. The van der Waals surface area contributed by atoms with Crippen LogP contribution in [0.15, 0.2) is 0 Å². The summed E-state index contributed by atoms with van der Waals surface area (Å²) in [5.41, 5.74) is -0.327. The molecule has 0 amide bonds. The molecule has 1 saturated heterocycles. The summed E-state index contributed by atoms with van der Waals surface area (Å²) in [6.45, 7) is 7.89. The Balaban J connectivity index is 2.37. The summed E-state index contributed by atoms with van der Waals surface area (Å²) in [6.07, 6.45) is 2.90. The molecule has 1 aliphatic heterocycles. The second-order valence-corrected chi connectivity index (χ2v) is 6.17. The first kappa shape index (κ1) is 16.4. The molecule has 0 radical (unpaired) electrons. The zero-order valence-electron chi connectivity index (χ0n) is 13.2. The summed E-state index contributed by atoms with van der Waals surface area (Å²) in [4.78, 5) is 4.88. The highest BCUT2D eigenvalue weighted by atomic mass is 15.2. The molecular formula is C15H30N4. The Kier molecular flexibility index (Phi) is 6.25. The van der Waals surface area contributed by atoms with Crippen LogP contribution in [0.4, 0.5) is 0 Å². The fourth-order valence-electron chi connectivity index (χ4n) is 3.18. The van der Waals surface area contributed by atoms with Crippen LogP contribution in [0.2, 0.25) is 0 Å². The van der Waals surface area contributed by atoms with E-state index in [0.29, 0.717) is 6.04 Å². The monoisotopic (exact) mass is 266 g/mol. The number of likely N-dealkylation sites (N-methyl/N-ethyl adjacent to an activating group) is 1. The number of hydrogen-bond acceptors (Lipinski definition) is 4. The molecule has 4 nitrogen and oxygen atoms in total. The third-order valence-corrected chi connectivity index (χ3v) is 4.69. The molecule has 0 saturated carbocycles. The Bertz CT molecular complexity index is 304. The quantitative estimate of drug-likeness (QED) is 0.759. The number of likely N-dealkylation sites (tertiary alicyclic amines) is 1. The first-order valence-corrected chi connectivity index (χ1v) is 7.47. The Morgan fingerprint density at radius 3 is 2.53 bits per heavy atom. The molecule has 3 unspecified atom stereocenters. The molecule has 19 heavy (non-hydrogen) atoms. The van der Waals surface area contributed by atoms with Crippen LogP contribution in [-0.4, -0.2) is 62.2 Å². The standard InChI is InChI=1S/C15H30N4/c1-6-15(12-16,17-3)8-7-9-19-10-13(2)14(11-19)18(4)5/h13-14,17H,6-11H2,1-5H3. The smallest absolute Gasteiger partial charge is 0.106 e. The Morgan fingerprint density at radius 2 is 2.11 bits per heavy atom. The minimum Gasteiger partial charge on any atom is -0.305 e. The predicted molar refractivity (Wildman–Crippen MR) is 80.0 cm³/mol. The van der Waals surface area contributed by atoms with Gasteiger partial charge in [-0.25, -0.2) is 0 Å². The van der Waals surface area contributed by atoms with Gasteiger partial charge < -0.3 is 15.1 Å². The molecule has 1 aliphatic rings. The van der Waals surface area contributed by atoms with Crippen molar-refractivity contribution in [2.24, 2.45) is 5.92 Å². The average Bonchev–Trinajstić information content (AvgIpc) is 2.77. The maximum Gasteiger partial charge on any atom is 0.106 e. The number of hydrogen-bond donors (Lipinski definition) is 1. The van der Waals surface area contributed by atoms with E-state index in [1.54, 1.807) is 0 Å². The molecule has 1 heterocycles. The summed E-state index contributed by atoms with van der Waals surface area (Å²) < 4.78 is 0. The molecule has 0 bridgehead atoms. The summed E-state index contributed by atoms with van der Waals surface area (Å²) >= 11 is 0. The van der Waals surface area contributed by atoms with Gasteiger partial charge in [-0.3, -0.25) is 0 Å². The van der Waals surface area contributed by atoms with E-state index in [1.807, 2.05) is 7.05 Å². The maximum absolute atomic E-state index is 9.29. The Hall–Kier alpha value is -0.630. The highest BCUT2D eigenvalue weighted by molar-refractivity contribution is 5.05. The van der Waals surface area contributed by atoms with Gasteiger partial charge in [-0.2, -0.15) is 5.26 Å². The Labute approximate surface area is 118 Å². The number of rotatable bonds is 7. The van der Waals surface area contributed by atoms with Crippen LogP contribution in [0.3, 0.4) is 0 Å². The Morgan fingerprint density at radius 1 is 1.42 bits per heavy atom. The first-order valence-electron chi connectivity index (χ1n) is 7.47. The molecule has 0 aliphatic carbocycles. The predicted octanol–water partition coefficient (Wildman–Crippen LogP) is 1.54. The van der Waals surface area contributed by atoms with Crippen molar-refractivity contribution in [1.29, 1.82) is 5.26 Å². The zero-order valence-corrected chi connectivity index (χ0v) is 13.2. The van der Waals surface area contributed by atoms with Crippen LogP contribution in [-0.2, 0) is 0 Å². The molecule has 4 heteroatoms. The highest BCUT2D eigenvalue weighted by Crippen LogP contribution is 2.22. The molecule has 1 fully saturated rings. The number of nitrogens with one attached hydrogen (secondary N) is 1. The lowest BCUT2D eigenvalue weighted by atomic mass is 9.92. The van der Waals surface area contributed by atoms with Crippen molar-refractivity contribution in [3.8, 4) is 6.07 Å². The average molecular weight is 266 g/mol. The van der Waals surface area contributed by atoms with Gasteiger partial charge in [-0.15, -0.1) is 0 Å². The third kappa shape index (κ3) is 4.17. The van der Waals surface area contributed by atoms with Crippen molar-refractivity contribution in [1.82, 2.24) is 15.1 Å². The minimum absolute atomic E-state index is 0.327. The molecule has 0 spiro atoms. The summed E-state index contributed by atoms with van der Waals surface area (Å²) in [5.74, 6) is 0.742. The van der Waals surface area contributed by atoms with Gasteiger partial charge in [-0.1, -0.05) is 13.8 Å². The van der Waals surface area contributed by atoms with Crippen molar-refractivity contribution in [2.45, 2.75) is 44.7 Å². The molecule has 0 aromatic rings. The molecule has 1 N–H and O–H groups in total. The van der Waals surface area contributed by atoms with E-state index < -0.39 is 0 Å². The van der Waals surface area contributed by atoms with Gasteiger partial charge in [0.1, 0.15) is 5.54 Å². The van der Waals surface area contributed by atoms with Crippen LogP contribution in [0.25, 0.3) is 0 Å². The second kappa shape index (κ2) is 7.23. The molecule has 110 valence electrons. The number of nitrogens with zero attached hydrogens (tertiary/aromatic N) is 3. The van der Waals surface area contributed by atoms with Gasteiger partial charge >= 0.3 is 0 Å². The third-order valence-electron chi connectivity index (χ3n) is 4.69. The zero-order chi connectivity index (χ0) is 14.5. The second-order valence-electron chi connectivity index (χ2n) is 6.17. The van der Waals surface area contributed by atoms with E-state index in [9.17, 15) is 5.26 Å². The van der Waals surface area contributed by atoms with Crippen molar-refractivity contribution in [3.63, 3.8) is 0 Å². The summed E-state index contributed by atoms with van der Waals surface area (Å²) in [6, 6.07) is 3.12. The number of nitriles is 1.